The number of aliphatic hydroxyl groups is 2. The Hall–Kier alpha value is -1.16. The minimum Gasteiger partial charge on any atom is -0.393 e. The highest BCUT2D eigenvalue weighted by atomic mass is 16.5. The van der Waals surface area contributed by atoms with Crippen LogP contribution in [0.5, 0.6) is 0 Å². The highest BCUT2D eigenvalue weighted by molar-refractivity contribution is 5.13. The van der Waals surface area contributed by atoms with Crippen molar-refractivity contribution in [3.63, 3.8) is 0 Å². The molecular weight excluding hydrogens is 204 g/mol. The van der Waals surface area contributed by atoms with E-state index >= 15 is 0 Å². The van der Waals surface area contributed by atoms with Crippen molar-refractivity contribution in [2.75, 3.05) is 13.2 Å². The Kier molecular flexibility index (Phi) is 5.19. The van der Waals surface area contributed by atoms with Gasteiger partial charge in [-0.05, 0) is 12.5 Å². The quantitative estimate of drug-likeness (QED) is 0.717. The zero-order valence-electron chi connectivity index (χ0n) is 9.47. The van der Waals surface area contributed by atoms with E-state index in [2.05, 4.69) is 0 Å². The molecule has 1 rings (SSSR count). The molecular formula is C13H18O3. The van der Waals surface area contributed by atoms with E-state index in [0.29, 0.717) is 6.61 Å². The summed E-state index contributed by atoms with van der Waals surface area (Å²) >= 11 is 0. The first-order valence-corrected chi connectivity index (χ1v) is 5.29. The first-order valence-electron chi connectivity index (χ1n) is 5.29. The van der Waals surface area contributed by atoms with Crippen molar-refractivity contribution in [3.05, 3.63) is 48.0 Å². The van der Waals surface area contributed by atoms with Crippen LogP contribution in [0.3, 0.4) is 0 Å². The molecule has 0 saturated carbocycles. The zero-order chi connectivity index (χ0) is 11.9. The van der Waals surface area contributed by atoms with Gasteiger partial charge in [0, 0.05) is 0 Å². The van der Waals surface area contributed by atoms with Crippen LogP contribution >= 0.6 is 0 Å². The van der Waals surface area contributed by atoms with E-state index in [0.717, 1.165) is 5.56 Å². The summed E-state index contributed by atoms with van der Waals surface area (Å²) in [7, 11) is 0. The van der Waals surface area contributed by atoms with Crippen LogP contribution in [-0.4, -0.2) is 29.0 Å². The molecule has 0 bridgehead atoms. The van der Waals surface area contributed by atoms with Crippen molar-refractivity contribution in [1.29, 1.82) is 0 Å². The summed E-state index contributed by atoms with van der Waals surface area (Å²) in [4.78, 5) is 0. The lowest BCUT2D eigenvalue weighted by Crippen LogP contribution is -2.36. The van der Waals surface area contributed by atoms with Gasteiger partial charge in [0.25, 0.3) is 0 Å². The Balaban J connectivity index is 2.40. The molecule has 0 spiro atoms. The number of ether oxygens (including phenoxy) is 1. The average Bonchev–Trinajstić information content (AvgIpc) is 2.31. The monoisotopic (exact) mass is 222 g/mol. The average molecular weight is 222 g/mol. The van der Waals surface area contributed by atoms with Gasteiger partial charge in [-0.3, -0.25) is 0 Å². The van der Waals surface area contributed by atoms with Gasteiger partial charge >= 0.3 is 0 Å². The summed E-state index contributed by atoms with van der Waals surface area (Å²) in [6.07, 6.45) is 3.24. The molecule has 88 valence electrons. The molecule has 0 aliphatic rings. The summed E-state index contributed by atoms with van der Waals surface area (Å²) in [5.41, 5.74) is -0.230. The van der Waals surface area contributed by atoms with Crippen LogP contribution in [-0.2, 0) is 11.3 Å². The summed E-state index contributed by atoms with van der Waals surface area (Å²) in [6, 6.07) is 9.71. The molecule has 0 saturated heterocycles. The summed E-state index contributed by atoms with van der Waals surface area (Å²) in [5.74, 6) is 0. The fraction of sp³-hybridized carbons (Fsp3) is 0.385. The van der Waals surface area contributed by atoms with Crippen molar-refractivity contribution >= 4 is 0 Å². The molecule has 0 unspecified atom stereocenters. The second kappa shape index (κ2) is 6.43. The minimum atomic E-state index is -1.27. The largest absolute Gasteiger partial charge is 0.393 e. The maximum absolute atomic E-state index is 9.84. The van der Waals surface area contributed by atoms with E-state index in [1.807, 2.05) is 30.3 Å². The molecule has 0 aromatic heterocycles. The van der Waals surface area contributed by atoms with E-state index in [9.17, 15) is 5.11 Å². The molecule has 0 amide bonds. The fourth-order valence-electron chi connectivity index (χ4n) is 1.38. The van der Waals surface area contributed by atoms with Gasteiger partial charge in [0.2, 0.25) is 0 Å². The molecule has 0 fully saturated rings. The Morgan fingerprint density at radius 2 is 2.00 bits per heavy atom. The first kappa shape index (κ1) is 12.9. The van der Waals surface area contributed by atoms with Crippen LogP contribution in [0.15, 0.2) is 42.5 Å². The zero-order valence-corrected chi connectivity index (χ0v) is 9.47. The maximum atomic E-state index is 9.84. The first-order chi connectivity index (χ1) is 7.70. The van der Waals surface area contributed by atoms with Crippen LogP contribution in [0.25, 0.3) is 0 Å². The Labute approximate surface area is 96.0 Å². The Morgan fingerprint density at radius 1 is 1.31 bits per heavy atom. The molecule has 1 atom stereocenters. The molecule has 0 radical (unpaired) electrons. The SMILES string of the molecule is C/C=C/[C@](O)(CO)COCc1ccccc1. The third-order valence-corrected chi connectivity index (χ3v) is 2.21. The van der Waals surface area contributed by atoms with Gasteiger partial charge in [0.05, 0.1) is 19.8 Å². The molecule has 3 heteroatoms. The second-order valence-electron chi connectivity index (χ2n) is 3.74. The van der Waals surface area contributed by atoms with Gasteiger partial charge in [0.15, 0.2) is 0 Å². The summed E-state index contributed by atoms with van der Waals surface area (Å²) < 4.78 is 5.37. The molecule has 0 heterocycles. The molecule has 16 heavy (non-hydrogen) atoms. The predicted molar refractivity (Wildman–Crippen MR) is 62.9 cm³/mol. The molecule has 3 nitrogen and oxygen atoms in total. The fourth-order valence-corrected chi connectivity index (χ4v) is 1.38. The van der Waals surface area contributed by atoms with Crippen LogP contribution in [0.4, 0.5) is 0 Å². The van der Waals surface area contributed by atoms with Gasteiger partial charge in [-0.25, -0.2) is 0 Å². The number of allylic oxidation sites excluding steroid dienone is 1. The van der Waals surface area contributed by atoms with Crippen molar-refractivity contribution in [2.45, 2.75) is 19.1 Å². The lowest BCUT2D eigenvalue weighted by atomic mass is 10.1. The molecule has 0 aliphatic heterocycles. The molecule has 2 N–H and O–H groups in total. The Morgan fingerprint density at radius 3 is 2.56 bits per heavy atom. The van der Waals surface area contributed by atoms with E-state index in [4.69, 9.17) is 9.84 Å². The van der Waals surface area contributed by atoms with Crippen molar-refractivity contribution < 1.29 is 14.9 Å². The number of rotatable bonds is 6. The van der Waals surface area contributed by atoms with Crippen molar-refractivity contribution in [1.82, 2.24) is 0 Å². The molecule has 0 aliphatic carbocycles. The maximum Gasteiger partial charge on any atom is 0.129 e. The normalized spacial score (nSPS) is 15.2. The minimum absolute atomic E-state index is 0.0860. The van der Waals surface area contributed by atoms with Crippen LogP contribution in [0.2, 0.25) is 0 Å². The summed E-state index contributed by atoms with van der Waals surface area (Å²) in [6.45, 7) is 1.97. The number of benzene rings is 1. The van der Waals surface area contributed by atoms with Crippen LogP contribution < -0.4 is 0 Å². The third-order valence-electron chi connectivity index (χ3n) is 2.21. The van der Waals surface area contributed by atoms with Gasteiger partial charge in [-0.1, -0.05) is 42.5 Å². The molecule has 1 aromatic carbocycles. The van der Waals surface area contributed by atoms with Crippen molar-refractivity contribution in [2.24, 2.45) is 0 Å². The standard InChI is InChI=1S/C13H18O3/c1-2-8-13(15,10-14)11-16-9-12-6-4-3-5-7-12/h2-8,14-15H,9-11H2,1H3/b8-2+/t13-/m0/s1. The molecule has 1 aromatic rings. The number of aliphatic hydroxyl groups excluding tert-OH is 1. The van der Waals surface area contributed by atoms with E-state index in [1.54, 1.807) is 13.0 Å². The Bertz CT molecular complexity index is 321. The summed E-state index contributed by atoms with van der Waals surface area (Å²) in [5, 5.41) is 18.9. The van der Waals surface area contributed by atoms with Gasteiger partial charge in [-0.2, -0.15) is 0 Å². The van der Waals surface area contributed by atoms with E-state index in [-0.39, 0.29) is 13.2 Å². The van der Waals surface area contributed by atoms with Gasteiger partial charge in [-0.15, -0.1) is 0 Å². The van der Waals surface area contributed by atoms with Crippen LogP contribution in [0, 0.1) is 0 Å². The lowest BCUT2D eigenvalue weighted by molar-refractivity contribution is -0.0502. The third kappa shape index (κ3) is 4.14. The highest BCUT2D eigenvalue weighted by Crippen LogP contribution is 2.09. The number of hydrogen-bond donors (Lipinski definition) is 2. The highest BCUT2D eigenvalue weighted by Gasteiger charge is 2.22. The smallest absolute Gasteiger partial charge is 0.129 e. The van der Waals surface area contributed by atoms with Crippen LogP contribution in [0.1, 0.15) is 12.5 Å². The van der Waals surface area contributed by atoms with Gasteiger partial charge in [0.1, 0.15) is 5.60 Å². The number of hydrogen-bond acceptors (Lipinski definition) is 3. The van der Waals surface area contributed by atoms with E-state index in [1.165, 1.54) is 6.08 Å². The predicted octanol–water partition coefficient (Wildman–Crippen LogP) is 1.50. The second-order valence-corrected chi connectivity index (χ2v) is 3.74. The van der Waals surface area contributed by atoms with Gasteiger partial charge < -0.3 is 14.9 Å². The topological polar surface area (TPSA) is 49.7 Å². The van der Waals surface area contributed by atoms with E-state index < -0.39 is 5.60 Å². The lowest BCUT2D eigenvalue weighted by Gasteiger charge is -2.21. The van der Waals surface area contributed by atoms with Crippen molar-refractivity contribution in [3.8, 4) is 0 Å².